The van der Waals surface area contributed by atoms with Gasteiger partial charge in [-0.25, -0.2) is 9.97 Å². The van der Waals surface area contributed by atoms with E-state index in [4.69, 9.17) is 5.73 Å². The Morgan fingerprint density at radius 3 is 2.59 bits per heavy atom. The molecular weight excluding hydrogens is 230 g/mol. The summed E-state index contributed by atoms with van der Waals surface area (Å²) in [6.45, 7) is 4.12. The molecule has 1 heterocycles. The first-order valence-electron chi connectivity index (χ1n) is 6.44. The van der Waals surface area contributed by atoms with Crippen LogP contribution in [0.4, 0.5) is 5.82 Å². The van der Waals surface area contributed by atoms with Gasteiger partial charge in [0, 0.05) is 16.5 Å². The van der Waals surface area contributed by atoms with Crippen molar-refractivity contribution >= 4 is 17.6 Å². The number of nitrogen functional groups attached to an aromatic ring is 1. The standard InChI is InChI=1S/C13H21N3S/c1-3-11-9(2)15-12(16-13(11)14)8-17-10-6-4-5-7-10/h10H,3-8H2,1-2H3,(H2,14,15,16). The third-order valence-corrected chi connectivity index (χ3v) is 4.76. The second-order valence-electron chi connectivity index (χ2n) is 4.66. The number of thioether (sulfide) groups is 1. The van der Waals surface area contributed by atoms with Crippen LogP contribution in [0.5, 0.6) is 0 Å². The third kappa shape index (κ3) is 3.12. The minimum atomic E-state index is 0.669. The largest absolute Gasteiger partial charge is 0.383 e. The van der Waals surface area contributed by atoms with Gasteiger partial charge in [-0.3, -0.25) is 0 Å². The quantitative estimate of drug-likeness (QED) is 0.893. The molecule has 1 saturated carbocycles. The van der Waals surface area contributed by atoms with Crippen LogP contribution in [-0.4, -0.2) is 15.2 Å². The number of nitrogens with two attached hydrogens (primary N) is 1. The van der Waals surface area contributed by atoms with E-state index in [0.29, 0.717) is 5.82 Å². The van der Waals surface area contributed by atoms with E-state index in [9.17, 15) is 0 Å². The van der Waals surface area contributed by atoms with Crippen molar-refractivity contribution in [3.8, 4) is 0 Å². The fraction of sp³-hybridized carbons (Fsp3) is 0.692. The predicted octanol–water partition coefficient (Wildman–Crippen LogP) is 3.11. The zero-order valence-electron chi connectivity index (χ0n) is 10.7. The predicted molar refractivity (Wildman–Crippen MR) is 74.1 cm³/mol. The number of aromatic nitrogens is 2. The van der Waals surface area contributed by atoms with E-state index >= 15 is 0 Å². The molecule has 2 rings (SSSR count). The molecule has 0 aromatic carbocycles. The topological polar surface area (TPSA) is 51.8 Å². The van der Waals surface area contributed by atoms with Crippen LogP contribution in [0.15, 0.2) is 0 Å². The van der Waals surface area contributed by atoms with Gasteiger partial charge in [0.15, 0.2) is 0 Å². The zero-order valence-corrected chi connectivity index (χ0v) is 11.5. The molecule has 1 aromatic rings. The van der Waals surface area contributed by atoms with E-state index in [2.05, 4.69) is 16.9 Å². The molecule has 0 radical (unpaired) electrons. The molecular formula is C13H21N3S. The maximum absolute atomic E-state index is 5.96. The van der Waals surface area contributed by atoms with Crippen molar-refractivity contribution in [2.24, 2.45) is 0 Å². The molecule has 94 valence electrons. The molecule has 1 aliphatic carbocycles. The molecule has 4 heteroatoms. The summed E-state index contributed by atoms with van der Waals surface area (Å²) >= 11 is 1.99. The first kappa shape index (κ1) is 12.7. The minimum Gasteiger partial charge on any atom is -0.383 e. The molecule has 1 aromatic heterocycles. The van der Waals surface area contributed by atoms with Gasteiger partial charge < -0.3 is 5.73 Å². The van der Waals surface area contributed by atoms with Gasteiger partial charge in [0.2, 0.25) is 0 Å². The Kier molecular flexibility index (Phi) is 4.26. The Balaban J connectivity index is 2.01. The highest BCUT2D eigenvalue weighted by molar-refractivity contribution is 7.99. The Hall–Kier alpha value is -0.770. The van der Waals surface area contributed by atoms with Gasteiger partial charge in [-0.2, -0.15) is 11.8 Å². The average molecular weight is 251 g/mol. The van der Waals surface area contributed by atoms with Crippen molar-refractivity contribution < 1.29 is 0 Å². The second-order valence-corrected chi connectivity index (χ2v) is 5.95. The van der Waals surface area contributed by atoms with Crippen LogP contribution in [0.1, 0.15) is 49.7 Å². The highest BCUT2D eigenvalue weighted by Crippen LogP contribution is 2.31. The number of anilines is 1. The van der Waals surface area contributed by atoms with Crippen LogP contribution >= 0.6 is 11.8 Å². The van der Waals surface area contributed by atoms with Crippen molar-refractivity contribution in [3.05, 3.63) is 17.1 Å². The summed E-state index contributed by atoms with van der Waals surface area (Å²) in [4.78, 5) is 8.97. The van der Waals surface area contributed by atoms with E-state index in [1.54, 1.807) is 0 Å². The summed E-state index contributed by atoms with van der Waals surface area (Å²) in [6, 6.07) is 0. The van der Waals surface area contributed by atoms with Gasteiger partial charge >= 0.3 is 0 Å². The Bertz CT molecular complexity index is 363. The highest BCUT2D eigenvalue weighted by Gasteiger charge is 2.16. The summed E-state index contributed by atoms with van der Waals surface area (Å²) in [5.74, 6) is 2.47. The molecule has 0 amide bonds. The summed E-state index contributed by atoms with van der Waals surface area (Å²) in [6.07, 6.45) is 6.38. The van der Waals surface area contributed by atoms with Crippen molar-refractivity contribution in [2.75, 3.05) is 5.73 Å². The molecule has 1 fully saturated rings. The number of aryl methyl sites for hydroxylation is 1. The zero-order chi connectivity index (χ0) is 12.3. The van der Waals surface area contributed by atoms with Gasteiger partial charge in [-0.05, 0) is 26.2 Å². The monoisotopic (exact) mass is 251 g/mol. The van der Waals surface area contributed by atoms with Crippen molar-refractivity contribution in [3.63, 3.8) is 0 Å². The van der Waals surface area contributed by atoms with E-state index in [-0.39, 0.29) is 0 Å². The Morgan fingerprint density at radius 2 is 2.00 bits per heavy atom. The Morgan fingerprint density at radius 1 is 1.29 bits per heavy atom. The highest BCUT2D eigenvalue weighted by atomic mass is 32.2. The lowest BCUT2D eigenvalue weighted by Crippen LogP contribution is -2.07. The molecule has 2 N–H and O–H groups in total. The van der Waals surface area contributed by atoms with Crippen molar-refractivity contribution in [1.82, 2.24) is 9.97 Å². The number of nitrogens with zero attached hydrogens (tertiary/aromatic N) is 2. The first-order valence-corrected chi connectivity index (χ1v) is 7.49. The maximum atomic E-state index is 5.96. The average Bonchev–Trinajstić information content (AvgIpc) is 2.79. The molecule has 0 unspecified atom stereocenters. The van der Waals surface area contributed by atoms with Gasteiger partial charge in [0.1, 0.15) is 11.6 Å². The lowest BCUT2D eigenvalue weighted by molar-refractivity contribution is 0.886. The lowest BCUT2D eigenvalue weighted by atomic mass is 10.2. The summed E-state index contributed by atoms with van der Waals surface area (Å²) in [7, 11) is 0. The van der Waals surface area contributed by atoms with Crippen LogP contribution in [0.2, 0.25) is 0 Å². The van der Waals surface area contributed by atoms with Crippen LogP contribution in [-0.2, 0) is 12.2 Å². The number of hydrogen-bond acceptors (Lipinski definition) is 4. The molecule has 0 bridgehead atoms. The molecule has 1 aliphatic rings. The number of hydrogen-bond donors (Lipinski definition) is 1. The molecule has 3 nitrogen and oxygen atoms in total. The van der Waals surface area contributed by atoms with E-state index in [1.165, 1.54) is 25.7 Å². The molecule has 0 saturated heterocycles. The molecule has 17 heavy (non-hydrogen) atoms. The Labute approximate surface area is 108 Å². The fourth-order valence-electron chi connectivity index (χ4n) is 2.43. The fourth-order valence-corrected chi connectivity index (χ4v) is 3.61. The minimum absolute atomic E-state index is 0.669. The van der Waals surface area contributed by atoms with E-state index in [1.807, 2.05) is 18.7 Å². The lowest BCUT2D eigenvalue weighted by Gasteiger charge is -2.11. The van der Waals surface area contributed by atoms with Crippen molar-refractivity contribution in [2.45, 2.75) is 57.0 Å². The summed E-state index contributed by atoms with van der Waals surface area (Å²) in [5.41, 5.74) is 8.10. The third-order valence-electron chi connectivity index (χ3n) is 3.40. The summed E-state index contributed by atoms with van der Waals surface area (Å²) < 4.78 is 0. The van der Waals surface area contributed by atoms with E-state index < -0.39 is 0 Å². The SMILES string of the molecule is CCc1c(C)nc(CSC2CCCC2)nc1N. The van der Waals surface area contributed by atoms with E-state index in [0.717, 1.165) is 34.5 Å². The summed E-state index contributed by atoms with van der Waals surface area (Å²) in [5, 5.41) is 0.811. The second kappa shape index (κ2) is 5.71. The van der Waals surface area contributed by atoms with Crippen molar-refractivity contribution in [1.29, 1.82) is 0 Å². The van der Waals surface area contributed by atoms with Crippen LogP contribution in [0.25, 0.3) is 0 Å². The van der Waals surface area contributed by atoms with Gasteiger partial charge in [-0.15, -0.1) is 0 Å². The molecule has 0 spiro atoms. The first-order chi connectivity index (χ1) is 8.20. The maximum Gasteiger partial charge on any atom is 0.140 e. The van der Waals surface area contributed by atoms with Crippen LogP contribution < -0.4 is 5.73 Å². The molecule has 0 atom stereocenters. The van der Waals surface area contributed by atoms with Crippen LogP contribution in [0.3, 0.4) is 0 Å². The van der Waals surface area contributed by atoms with Gasteiger partial charge in [0.05, 0.1) is 5.75 Å². The number of rotatable bonds is 4. The smallest absolute Gasteiger partial charge is 0.140 e. The van der Waals surface area contributed by atoms with Gasteiger partial charge in [0.25, 0.3) is 0 Å². The van der Waals surface area contributed by atoms with Crippen LogP contribution in [0, 0.1) is 6.92 Å². The molecule has 0 aliphatic heterocycles. The van der Waals surface area contributed by atoms with Gasteiger partial charge in [-0.1, -0.05) is 19.8 Å². The normalized spacial score (nSPS) is 16.6.